The van der Waals surface area contributed by atoms with Crippen LogP contribution < -0.4 is 5.32 Å². The van der Waals surface area contributed by atoms with E-state index in [1.807, 2.05) is 0 Å². The van der Waals surface area contributed by atoms with E-state index in [4.69, 9.17) is 0 Å². The van der Waals surface area contributed by atoms with Crippen LogP contribution in [0.5, 0.6) is 0 Å². The molecule has 5 heteroatoms. The molecule has 1 N–H and O–H groups in total. The van der Waals surface area contributed by atoms with E-state index in [9.17, 15) is 10.1 Å². The number of hydrogen-bond donors (Lipinski definition) is 1. The summed E-state index contributed by atoms with van der Waals surface area (Å²) in [6, 6.07) is 0. The molecule has 42 valence electrons. The number of nitrogens with one attached hydrogen (secondary N) is 1. The molecule has 0 aromatic heterocycles. The molecular formula is C3H2N2O2S. The first-order valence-electron chi connectivity index (χ1n) is 1.82. The summed E-state index contributed by atoms with van der Waals surface area (Å²) in [4.78, 5) is 9.38. The van der Waals surface area contributed by atoms with Crippen LogP contribution in [0.25, 0.3) is 0 Å². The molecule has 1 aliphatic rings. The van der Waals surface area contributed by atoms with Gasteiger partial charge >= 0.3 is 5.03 Å². The summed E-state index contributed by atoms with van der Waals surface area (Å²) in [5.41, 5.74) is 0. The standard InChI is InChI=1S/C3H2N2O2S/c6-5(7)3-1-4-2-8-3/h1,4H. The van der Waals surface area contributed by atoms with Crippen molar-refractivity contribution in [2.75, 3.05) is 0 Å². The van der Waals surface area contributed by atoms with Crippen LogP contribution in [-0.4, -0.2) is 4.92 Å². The maximum atomic E-state index is 9.84. The molecule has 1 aliphatic heterocycles. The Kier molecular flexibility index (Phi) is 1.38. The second-order valence-electron chi connectivity index (χ2n) is 1.09. The fraction of sp³-hybridized carbons (Fsp3) is 0. The molecule has 4 nitrogen and oxygen atoms in total. The monoisotopic (exact) mass is 130 g/mol. The van der Waals surface area contributed by atoms with Crippen molar-refractivity contribution in [3.8, 4) is 0 Å². The summed E-state index contributed by atoms with van der Waals surface area (Å²) in [7, 11) is 0. The maximum absolute atomic E-state index is 9.84. The number of nitro groups is 1. The first-order valence-corrected chi connectivity index (χ1v) is 2.64. The quantitative estimate of drug-likeness (QED) is 0.412. The summed E-state index contributed by atoms with van der Waals surface area (Å²) in [5.74, 6) is 2.49. The van der Waals surface area contributed by atoms with Crippen LogP contribution >= 0.6 is 11.8 Å². The van der Waals surface area contributed by atoms with Crippen LogP contribution in [0, 0.1) is 16.0 Å². The fourth-order valence-corrected chi connectivity index (χ4v) is 0.707. The molecule has 2 radical (unpaired) electrons. The van der Waals surface area contributed by atoms with Gasteiger partial charge in [-0.25, -0.2) is 0 Å². The van der Waals surface area contributed by atoms with Crippen molar-refractivity contribution in [2.45, 2.75) is 0 Å². The van der Waals surface area contributed by atoms with Gasteiger partial charge < -0.3 is 5.32 Å². The van der Waals surface area contributed by atoms with Crippen LogP contribution in [0.3, 0.4) is 0 Å². The van der Waals surface area contributed by atoms with Gasteiger partial charge in [0.15, 0.2) is 5.88 Å². The van der Waals surface area contributed by atoms with Crippen molar-refractivity contribution in [2.24, 2.45) is 0 Å². The van der Waals surface area contributed by atoms with Crippen LogP contribution in [0.4, 0.5) is 0 Å². The van der Waals surface area contributed by atoms with Gasteiger partial charge in [0.05, 0.1) is 11.1 Å². The topological polar surface area (TPSA) is 55.2 Å². The predicted molar refractivity (Wildman–Crippen MR) is 29.0 cm³/mol. The number of thioether (sulfide) groups is 1. The molecule has 0 aliphatic carbocycles. The zero-order valence-corrected chi connectivity index (χ0v) is 4.57. The van der Waals surface area contributed by atoms with Crippen molar-refractivity contribution >= 4 is 11.8 Å². The van der Waals surface area contributed by atoms with E-state index in [0.717, 1.165) is 11.8 Å². The molecule has 0 spiro atoms. The number of rotatable bonds is 1. The Morgan fingerprint density at radius 1 is 2.00 bits per heavy atom. The lowest BCUT2D eigenvalue weighted by Gasteiger charge is -1.81. The minimum Gasteiger partial charge on any atom is -0.365 e. The zero-order chi connectivity index (χ0) is 5.98. The van der Waals surface area contributed by atoms with E-state index in [1.54, 1.807) is 0 Å². The third kappa shape index (κ3) is 0.919. The molecule has 8 heavy (non-hydrogen) atoms. The summed E-state index contributed by atoms with van der Waals surface area (Å²) < 4.78 is 0. The van der Waals surface area contributed by atoms with Gasteiger partial charge in [0, 0.05) is 0 Å². The third-order valence-electron chi connectivity index (χ3n) is 0.590. The van der Waals surface area contributed by atoms with E-state index in [1.165, 1.54) is 6.20 Å². The van der Waals surface area contributed by atoms with Crippen LogP contribution in [0.1, 0.15) is 0 Å². The summed E-state index contributed by atoms with van der Waals surface area (Å²) >= 11 is 0.951. The Bertz CT molecular complexity index is 144. The lowest BCUT2D eigenvalue weighted by atomic mass is 10.9. The highest BCUT2D eigenvalue weighted by atomic mass is 32.2. The van der Waals surface area contributed by atoms with Crippen molar-refractivity contribution < 1.29 is 4.92 Å². The van der Waals surface area contributed by atoms with Crippen molar-refractivity contribution in [3.63, 3.8) is 0 Å². The van der Waals surface area contributed by atoms with Crippen LogP contribution in [0.15, 0.2) is 11.2 Å². The smallest absolute Gasteiger partial charge is 0.321 e. The Morgan fingerprint density at radius 2 is 2.75 bits per heavy atom. The highest BCUT2D eigenvalue weighted by Gasteiger charge is 2.16. The highest BCUT2D eigenvalue weighted by molar-refractivity contribution is 8.04. The van der Waals surface area contributed by atoms with Gasteiger partial charge in [0.25, 0.3) is 0 Å². The molecule has 0 bridgehead atoms. The van der Waals surface area contributed by atoms with Crippen LogP contribution in [-0.2, 0) is 0 Å². The largest absolute Gasteiger partial charge is 0.365 e. The van der Waals surface area contributed by atoms with Crippen LogP contribution in [0.2, 0.25) is 0 Å². The second kappa shape index (κ2) is 2.04. The maximum Gasteiger partial charge on any atom is 0.321 e. The first kappa shape index (κ1) is 5.43. The normalized spacial score (nSPS) is 17.2. The van der Waals surface area contributed by atoms with Gasteiger partial charge in [0.1, 0.15) is 0 Å². The zero-order valence-electron chi connectivity index (χ0n) is 3.75. The lowest BCUT2D eigenvalue weighted by Crippen LogP contribution is -1.91. The highest BCUT2D eigenvalue weighted by Crippen LogP contribution is 2.21. The van der Waals surface area contributed by atoms with E-state index in [0.29, 0.717) is 0 Å². The Hall–Kier alpha value is -0.710. The van der Waals surface area contributed by atoms with E-state index in [-0.39, 0.29) is 5.03 Å². The van der Waals surface area contributed by atoms with E-state index >= 15 is 0 Å². The summed E-state index contributed by atoms with van der Waals surface area (Å²) in [5, 5.41) is 12.4. The average molecular weight is 130 g/mol. The number of nitrogens with zero attached hydrogens (tertiary/aromatic N) is 1. The molecular weight excluding hydrogens is 128 g/mol. The van der Waals surface area contributed by atoms with Crippen molar-refractivity contribution in [1.82, 2.24) is 5.32 Å². The minimum absolute atomic E-state index is 0.0880. The molecule has 0 amide bonds. The SMILES string of the molecule is O=[N+]([O-])C1=CN[C]S1. The Morgan fingerprint density at radius 3 is 3.00 bits per heavy atom. The van der Waals surface area contributed by atoms with E-state index in [2.05, 4.69) is 11.2 Å². The van der Waals surface area contributed by atoms with Gasteiger partial charge in [0.2, 0.25) is 0 Å². The molecule has 0 unspecified atom stereocenters. The van der Waals surface area contributed by atoms with Gasteiger partial charge in [-0.05, 0) is 11.8 Å². The fourth-order valence-electron chi connectivity index (χ4n) is 0.292. The predicted octanol–water partition coefficient (Wildman–Crippen LogP) is 0.395. The van der Waals surface area contributed by atoms with Crippen molar-refractivity contribution in [3.05, 3.63) is 27.2 Å². The number of hydrogen-bond acceptors (Lipinski definition) is 4. The minimum atomic E-state index is -0.461. The average Bonchev–Trinajstić information content (AvgIpc) is 2.12. The van der Waals surface area contributed by atoms with Crippen molar-refractivity contribution in [1.29, 1.82) is 0 Å². The molecule has 1 rings (SSSR count). The molecule has 0 aromatic carbocycles. The second-order valence-corrected chi connectivity index (χ2v) is 1.91. The molecule has 1 heterocycles. The summed E-state index contributed by atoms with van der Waals surface area (Å²) in [6.07, 6.45) is 1.30. The lowest BCUT2D eigenvalue weighted by molar-refractivity contribution is -0.410. The molecule has 0 saturated carbocycles. The first-order chi connectivity index (χ1) is 3.80. The van der Waals surface area contributed by atoms with Gasteiger partial charge in [-0.2, -0.15) is 0 Å². The van der Waals surface area contributed by atoms with Gasteiger partial charge in [-0.1, -0.05) is 0 Å². The molecule has 0 atom stereocenters. The third-order valence-corrected chi connectivity index (χ3v) is 1.29. The molecule has 0 fully saturated rings. The van der Waals surface area contributed by atoms with Gasteiger partial charge in [-0.15, -0.1) is 0 Å². The molecule has 0 aromatic rings. The Balaban J connectivity index is 2.57. The Labute approximate surface area is 50.1 Å². The van der Waals surface area contributed by atoms with E-state index < -0.39 is 4.92 Å². The summed E-state index contributed by atoms with van der Waals surface area (Å²) in [6.45, 7) is 0. The molecule has 0 saturated heterocycles. The van der Waals surface area contributed by atoms with Gasteiger partial charge in [-0.3, -0.25) is 10.1 Å².